The molecule has 1 heterocycles. The average molecular weight is 290 g/mol. The van der Waals surface area contributed by atoms with Crippen LogP contribution < -0.4 is 10.6 Å². The van der Waals surface area contributed by atoms with Gasteiger partial charge in [-0.05, 0) is 29.9 Å². The number of benzene rings is 1. The maximum Gasteiger partial charge on any atom is 0.237 e. The van der Waals surface area contributed by atoms with Gasteiger partial charge in [0.15, 0.2) is 0 Å². The molecular formula is C17H26N2O2. The first-order valence-corrected chi connectivity index (χ1v) is 7.82. The highest BCUT2D eigenvalue weighted by Gasteiger charge is 2.23. The van der Waals surface area contributed by atoms with Crippen molar-refractivity contribution in [1.29, 1.82) is 0 Å². The highest BCUT2D eigenvalue weighted by Crippen LogP contribution is 2.16. The molecule has 0 spiro atoms. The molecule has 1 aliphatic heterocycles. The summed E-state index contributed by atoms with van der Waals surface area (Å²) in [7, 11) is 0. The van der Waals surface area contributed by atoms with Crippen LogP contribution >= 0.6 is 0 Å². The largest absolute Gasteiger partial charge is 0.381 e. The summed E-state index contributed by atoms with van der Waals surface area (Å²) in [5, 5.41) is 6.29. The Morgan fingerprint density at radius 1 is 1.38 bits per heavy atom. The molecule has 2 N–H and O–H groups in total. The number of fused-ring (bicyclic) bond motifs is 1. The summed E-state index contributed by atoms with van der Waals surface area (Å²) in [5.41, 5.74) is 2.57. The SMILES string of the molecule is CC(C)COCCCNC(=O)[C@@H]1Cc2ccccc2CN1. The highest BCUT2D eigenvalue weighted by molar-refractivity contribution is 5.82. The zero-order valence-electron chi connectivity index (χ0n) is 13.0. The fourth-order valence-corrected chi connectivity index (χ4v) is 2.47. The Bertz CT molecular complexity index is 460. The van der Waals surface area contributed by atoms with Gasteiger partial charge < -0.3 is 15.4 Å². The molecule has 2 rings (SSSR count). The van der Waals surface area contributed by atoms with Crippen LogP contribution in [0.15, 0.2) is 24.3 Å². The van der Waals surface area contributed by atoms with Crippen molar-refractivity contribution in [1.82, 2.24) is 10.6 Å². The van der Waals surface area contributed by atoms with E-state index < -0.39 is 0 Å². The number of carbonyl (C=O) groups is 1. The van der Waals surface area contributed by atoms with Gasteiger partial charge in [-0.3, -0.25) is 4.79 Å². The van der Waals surface area contributed by atoms with E-state index in [-0.39, 0.29) is 11.9 Å². The zero-order valence-corrected chi connectivity index (χ0v) is 13.0. The van der Waals surface area contributed by atoms with Gasteiger partial charge >= 0.3 is 0 Å². The van der Waals surface area contributed by atoms with E-state index in [1.165, 1.54) is 11.1 Å². The van der Waals surface area contributed by atoms with Crippen molar-refractivity contribution in [3.63, 3.8) is 0 Å². The molecule has 0 saturated carbocycles. The van der Waals surface area contributed by atoms with E-state index in [9.17, 15) is 4.79 Å². The number of carbonyl (C=O) groups excluding carboxylic acids is 1. The second kappa shape index (κ2) is 8.15. The van der Waals surface area contributed by atoms with Crippen LogP contribution in [0.3, 0.4) is 0 Å². The van der Waals surface area contributed by atoms with Gasteiger partial charge in [0.05, 0.1) is 6.04 Å². The zero-order chi connectivity index (χ0) is 15.1. The Morgan fingerprint density at radius 2 is 2.14 bits per heavy atom. The molecule has 4 nitrogen and oxygen atoms in total. The van der Waals surface area contributed by atoms with Crippen molar-refractivity contribution in [2.45, 2.75) is 39.3 Å². The normalized spacial score (nSPS) is 17.6. The number of amides is 1. The molecule has 0 radical (unpaired) electrons. The van der Waals surface area contributed by atoms with E-state index in [1.54, 1.807) is 0 Å². The molecule has 21 heavy (non-hydrogen) atoms. The number of nitrogens with one attached hydrogen (secondary N) is 2. The van der Waals surface area contributed by atoms with E-state index in [0.717, 1.165) is 26.0 Å². The lowest BCUT2D eigenvalue weighted by atomic mass is 9.95. The Kier molecular flexibility index (Phi) is 6.21. The van der Waals surface area contributed by atoms with Gasteiger partial charge in [0.25, 0.3) is 0 Å². The molecule has 1 aromatic rings. The van der Waals surface area contributed by atoms with Gasteiger partial charge in [-0.1, -0.05) is 38.1 Å². The Labute approximate surface area is 127 Å². The van der Waals surface area contributed by atoms with Gasteiger partial charge in [-0.15, -0.1) is 0 Å². The van der Waals surface area contributed by atoms with Crippen molar-refractivity contribution in [3.05, 3.63) is 35.4 Å². The van der Waals surface area contributed by atoms with Crippen LogP contribution in [0.1, 0.15) is 31.4 Å². The third-order valence-corrected chi connectivity index (χ3v) is 3.61. The molecule has 116 valence electrons. The topological polar surface area (TPSA) is 50.4 Å². The number of hydrogen-bond acceptors (Lipinski definition) is 3. The van der Waals surface area contributed by atoms with Gasteiger partial charge in [0.1, 0.15) is 0 Å². The number of ether oxygens (including phenoxy) is 1. The minimum atomic E-state index is -0.114. The van der Waals surface area contributed by atoms with Gasteiger partial charge in [0, 0.05) is 26.3 Å². The van der Waals surface area contributed by atoms with Crippen LogP contribution in [0.2, 0.25) is 0 Å². The van der Waals surface area contributed by atoms with Gasteiger partial charge in [-0.2, -0.15) is 0 Å². The first-order valence-electron chi connectivity index (χ1n) is 7.82. The third-order valence-electron chi connectivity index (χ3n) is 3.61. The molecule has 0 fully saturated rings. The van der Waals surface area contributed by atoms with Crippen molar-refractivity contribution >= 4 is 5.91 Å². The van der Waals surface area contributed by atoms with Crippen LogP contribution in [0.4, 0.5) is 0 Å². The fourth-order valence-electron chi connectivity index (χ4n) is 2.47. The standard InChI is InChI=1S/C17H26N2O2/c1-13(2)12-21-9-5-8-18-17(20)16-10-14-6-3-4-7-15(14)11-19-16/h3-4,6-7,13,16,19H,5,8-12H2,1-2H3,(H,18,20)/t16-/m0/s1. The van der Waals surface area contributed by atoms with Crippen molar-refractivity contribution in [2.75, 3.05) is 19.8 Å². The molecule has 0 unspecified atom stereocenters. The van der Waals surface area contributed by atoms with E-state index in [2.05, 4.69) is 36.6 Å². The molecule has 1 aromatic carbocycles. The molecule has 0 aromatic heterocycles. The molecule has 1 aliphatic rings. The Hall–Kier alpha value is -1.39. The molecule has 0 bridgehead atoms. The van der Waals surface area contributed by atoms with E-state index >= 15 is 0 Å². The summed E-state index contributed by atoms with van der Waals surface area (Å²) in [6, 6.07) is 8.18. The lowest BCUT2D eigenvalue weighted by Crippen LogP contribution is -2.47. The lowest BCUT2D eigenvalue weighted by molar-refractivity contribution is -0.123. The minimum absolute atomic E-state index is 0.0911. The summed E-state index contributed by atoms with van der Waals surface area (Å²) in [6.07, 6.45) is 1.63. The molecule has 1 amide bonds. The monoisotopic (exact) mass is 290 g/mol. The summed E-state index contributed by atoms with van der Waals surface area (Å²) in [4.78, 5) is 12.1. The lowest BCUT2D eigenvalue weighted by Gasteiger charge is -2.25. The predicted octanol–water partition coefficient (Wildman–Crippen LogP) is 1.88. The molecule has 1 atom stereocenters. The first-order chi connectivity index (χ1) is 10.2. The Balaban J connectivity index is 1.66. The van der Waals surface area contributed by atoms with Crippen LogP contribution in [0.25, 0.3) is 0 Å². The van der Waals surface area contributed by atoms with Crippen LogP contribution in [-0.2, 0) is 22.5 Å². The smallest absolute Gasteiger partial charge is 0.237 e. The number of rotatable bonds is 7. The van der Waals surface area contributed by atoms with Crippen LogP contribution in [0, 0.1) is 5.92 Å². The van der Waals surface area contributed by atoms with E-state index in [0.29, 0.717) is 19.1 Å². The van der Waals surface area contributed by atoms with Crippen molar-refractivity contribution in [3.8, 4) is 0 Å². The second-order valence-electron chi connectivity index (χ2n) is 6.02. The van der Waals surface area contributed by atoms with Crippen LogP contribution in [0.5, 0.6) is 0 Å². The maximum absolute atomic E-state index is 12.1. The first kappa shape index (κ1) is 16.0. The van der Waals surface area contributed by atoms with Crippen molar-refractivity contribution in [2.24, 2.45) is 5.92 Å². The number of hydrogen-bond donors (Lipinski definition) is 2. The average Bonchev–Trinajstić information content (AvgIpc) is 2.49. The van der Waals surface area contributed by atoms with E-state index in [4.69, 9.17) is 4.74 Å². The quantitative estimate of drug-likeness (QED) is 0.754. The minimum Gasteiger partial charge on any atom is -0.381 e. The summed E-state index contributed by atoms with van der Waals surface area (Å²) < 4.78 is 5.50. The van der Waals surface area contributed by atoms with E-state index in [1.807, 2.05) is 12.1 Å². The summed E-state index contributed by atoms with van der Waals surface area (Å²) in [6.45, 7) is 7.21. The molecule has 0 aliphatic carbocycles. The fraction of sp³-hybridized carbons (Fsp3) is 0.588. The predicted molar refractivity (Wildman–Crippen MR) is 84.1 cm³/mol. The highest BCUT2D eigenvalue weighted by atomic mass is 16.5. The van der Waals surface area contributed by atoms with Crippen molar-refractivity contribution < 1.29 is 9.53 Å². The molecule has 4 heteroatoms. The van der Waals surface area contributed by atoms with Gasteiger partial charge in [0.2, 0.25) is 5.91 Å². The summed E-state index contributed by atoms with van der Waals surface area (Å²) in [5.74, 6) is 0.652. The molecular weight excluding hydrogens is 264 g/mol. The molecule has 0 saturated heterocycles. The van der Waals surface area contributed by atoms with Gasteiger partial charge in [-0.25, -0.2) is 0 Å². The third kappa shape index (κ3) is 5.14. The second-order valence-corrected chi connectivity index (χ2v) is 6.02. The van der Waals surface area contributed by atoms with Crippen LogP contribution in [-0.4, -0.2) is 31.7 Å². The summed E-state index contributed by atoms with van der Waals surface area (Å²) >= 11 is 0. The Morgan fingerprint density at radius 3 is 2.90 bits per heavy atom. The maximum atomic E-state index is 12.1.